The van der Waals surface area contributed by atoms with E-state index in [4.69, 9.17) is 11.5 Å². The maximum absolute atomic E-state index is 5.48. The smallest absolute Gasteiger partial charge is 0.203 e. The van der Waals surface area contributed by atoms with Gasteiger partial charge in [-0.2, -0.15) is 0 Å². The Balaban J connectivity index is 2.85. The Kier molecular flexibility index (Phi) is 1.63. The summed E-state index contributed by atoms with van der Waals surface area (Å²) in [6.07, 6.45) is 0. The molecule has 4 N–H and O–H groups in total. The van der Waals surface area contributed by atoms with E-state index < -0.39 is 0 Å². The van der Waals surface area contributed by atoms with E-state index in [9.17, 15) is 0 Å². The number of aromatic nitrogens is 2. The Labute approximate surface area is 56.9 Å². The summed E-state index contributed by atoms with van der Waals surface area (Å²) < 4.78 is 0. The average molecular weight is 144 g/mol. The standard InChI is InChI=1S/C4H8N4S/c1-2(5)3-7-8-4(6)9-3/h2H,5H2,1H3,(H2,6,8)/t2-/m1/s1. The molecule has 0 bridgehead atoms. The molecular weight excluding hydrogens is 136 g/mol. The lowest BCUT2D eigenvalue weighted by Crippen LogP contribution is -2.03. The van der Waals surface area contributed by atoms with Gasteiger partial charge in [0.15, 0.2) is 0 Å². The van der Waals surface area contributed by atoms with Crippen molar-refractivity contribution in [2.45, 2.75) is 13.0 Å². The number of nitrogen functional groups attached to an aromatic ring is 1. The maximum atomic E-state index is 5.48. The van der Waals surface area contributed by atoms with Crippen LogP contribution in [0.2, 0.25) is 0 Å². The molecule has 4 nitrogen and oxygen atoms in total. The predicted octanol–water partition coefficient (Wildman–Crippen LogP) is 0.140. The van der Waals surface area contributed by atoms with E-state index in [1.807, 2.05) is 6.92 Å². The van der Waals surface area contributed by atoms with Crippen molar-refractivity contribution < 1.29 is 0 Å². The van der Waals surface area contributed by atoms with E-state index >= 15 is 0 Å². The molecule has 1 atom stereocenters. The first-order chi connectivity index (χ1) is 4.20. The van der Waals surface area contributed by atoms with Gasteiger partial charge < -0.3 is 11.5 Å². The molecule has 0 unspecified atom stereocenters. The third-order valence-corrected chi connectivity index (χ3v) is 1.80. The fraction of sp³-hybridized carbons (Fsp3) is 0.500. The maximum Gasteiger partial charge on any atom is 0.203 e. The van der Waals surface area contributed by atoms with Crippen molar-refractivity contribution in [1.82, 2.24) is 10.2 Å². The molecular formula is C4H8N4S. The lowest BCUT2D eigenvalue weighted by Gasteiger charge is -1.93. The van der Waals surface area contributed by atoms with Crippen molar-refractivity contribution in [2.24, 2.45) is 5.73 Å². The van der Waals surface area contributed by atoms with Crippen molar-refractivity contribution in [3.63, 3.8) is 0 Å². The van der Waals surface area contributed by atoms with Crippen LogP contribution in [-0.2, 0) is 0 Å². The predicted molar refractivity (Wildman–Crippen MR) is 36.9 cm³/mol. The second kappa shape index (κ2) is 2.28. The second-order valence-corrected chi connectivity index (χ2v) is 2.81. The summed E-state index contributed by atoms with van der Waals surface area (Å²) in [5.41, 5.74) is 10.8. The van der Waals surface area contributed by atoms with Gasteiger partial charge in [-0.25, -0.2) is 0 Å². The highest BCUT2D eigenvalue weighted by atomic mass is 32.1. The number of nitrogens with zero attached hydrogens (tertiary/aromatic N) is 2. The summed E-state index contributed by atoms with van der Waals surface area (Å²) in [5.74, 6) is 0. The highest BCUT2D eigenvalue weighted by molar-refractivity contribution is 7.15. The first kappa shape index (κ1) is 6.44. The van der Waals surface area contributed by atoms with Crippen LogP contribution in [-0.4, -0.2) is 10.2 Å². The van der Waals surface area contributed by atoms with Crippen LogP contribution in [0.1, 0.15) is 18.0 Å². The van der Waals surface area contributed by atoms with Gasteiger partial charge in [-0.05, 0) is 6.92 Å². The summed E-state index contributed by atoms with van der Waals surface area (Å²) in [6.45, 7) is 1.85. The van der Waals surface area contributed by atoms with Crippen molar-refractivity contribution in [2.75, 3.05) is 5.73 Å². The van der Waals surface area contributed by atoms with Crippen LogP contribution < -0.4 is 11.5 Å². The van der Waals surface area contributed by atoms with Gasteiger partial charge in [0.1, 0.15) is 5.01 Å². The van der Waals surface area contributed by atoms with E-state index in [2.05, 4.69) is 10.2 Å². The van der Waals surface area contributed by atoms with Gasteiger partial charge in [0.25, 0.3) is 0 Å². The van der Waals surface area contributed by atoms with Crippen LogP contribution in [0.15, 0.2) is 0 Å². The molecule has 0 amide bonds. The van der Waals surface area contributed by atoms with Gasteiger partial charge in [0.05, 0.1) is 6.04 Å². The third kappa shape index (κ3) is 1.36. The van der Waals surface area contributed by atoms with Gasteiger partial charge in [-0.3, -0.25) is 0 Å². The number of hydrogen-bond donors (Lipinski definition) is 2. The Hall–Kier alpha value is -0.680. The van der Waals surface area contributed by atoms with Gasteiger partial charge in [-0.15, -0.1) is 10.2 Å². The normalized spacial score (nSPS) is 13.6. The first-order valence-corrected chi connectivity index (χ1v) is 3.36. The minimum absolute atomic E-state index is 0.0557. The molecule has 1 rings (SSSR count). The van der Waals surface area contributed by atoms with Gasteiger partial charge >= 0.3 is 0 Å². The molecule has 1 aromatic rings. The molecule has 0 radical (unpaired) electrons. The summed E-state index contributed by atoms with van der Waals surface area (Å²) >= 11 is 1.33. The van der Waals surface area contributed by atoms with Crippen LogP contribution in [0.4, 0.5) is 5.13 Å². The van der Waals surface area contributed by atoms with Crippen molar-refractivity contribution in [3.05, 3.63) is 5.01 Å². The van der Waals surface area contributed by atoms with Crippen molar-refractivity contribution in [3.8, 4) is 0 Å². The quantitative estimate of drug-likeness (QED) is 0.587. The van der Waals surface area contributed by atoms with Gasteiger partial charge in [0, 0.05) is 0 Å². The summed E-state index contributed by atoms with van der Waals surface area (Å²) in [7, 11) is 0. The van der Waals surface area contributed by atoms with E-state index in [1.54, 1.807) is 0 Å². The number of nitrogens with two attached hydrogens (primary N) is 2. The fourth-order valence-corrected chi connectivity index (χ4v) is 0.994. The fourth-order valence-electron chi connectivity index (χ4n) is 0.431. The van der Waals surface area contributed by atoms with Crippen LogP contribution >= 0.6 is 11.3 Å². The number of anilines is 1. The SMILES string of the molecule is C[C@@H](N)c1nnc(N)s1. The van der Waals surface area contributed by atoms with Crippen LogP contribution in [0.25, 0.3) is 0 Å². The zero-order chi connectivity index (χ0) is 6.85. The van der Waals surface area contributed by atoms with Gasteiger partial charge in [-0.1, -0.05) is 11.3 Å². The van der Waals surface area contributed by atoms with Crippen LogP contribution in [0.3, 0.4) is 0 Å². The monoisotopic (exact) mass is 144 g/mol. The molecule has 0 saturated carbocycles. The minimum Gasteiger partial charge on any atom is -0.374 e. The lowest BCUT2D eigenvalue weighted by atomic mass is 10.4. The highest BCUT2D eigenvalue weighted by Gasteiger charge is 2.03. The van der Waals surface area contributed by atoms with E-state index in [1.165, 1.54) is 11.3 Å². The number of rotatable bonds is 1. The zero-order valence-electron chi connectivity index (χ0n) is 5.03. The summed E-state index contributed by atoms with van der Waals surface area (Å²) in [6, 6.07) is -0.0557. The molecule has 9 heavy (non-hydrogen) atoms. The zero-order valence-corrected chi connectivity index (χ0v) is 5.85. The average Bonchev–Trinajstić information content (AvgIpc) is 2.14. The topological polar surface area (TPSA) is 77.8 Å². The molecule has 50 valence electrons. The molecule has 5 heteroatoms. The third-order valence-electron chi connectivity index (χ3n) is 0.846. The molecule has 0 aliphatic heterocycles. The molecule has 1 heterocycles. The molecule has 0 spiro atoms. The molecule has 0 saturated heterocycles. The van der Waals surface area contributed by atoms with E-state index in [-0.39, 0.29) is 6.04 Å². The van der Waals surface area contributed by atoms with Crippen LogP contribution in [0.5, 0.6) is 0 Å². The molecule has 0 aliphatic carbocycles. The van der Waals surface area contributed by atoms with E-state index in [0.29, 0.717) is 5.13 Å². The lowest BCUT2D eigenvalue weighted by molar-refractivity contribution is 0.786. The largest absolute Gasteiger partial charge is 0.374 e. The van der Waals surface area contributed by atoms with Crippen molar-refractivity contribution in [1.29, 1.82) is 0 Å². The molecule has 0 aliphatic rings. The van der Waals surface area contributed by atoms with Crippen molar-refractivity contribution >= 4 is 16.5 Å². The highest BCUT2D eigenvalue weighted by Crippen LogP contribution is 2.15. The second-order valence-electron chi connectivity index (χ2n) is 1.77. The Bertz CT molecular complexity index is 194. The van der Waals surface area contributed by atoms with Crippen LogP contribution in [0, 0.1) is 0 Å². The first-order valence-electron chi connectivity index (χ1n) is 2.54. The summed E-state index contributed by atoms with van der Waals surface area (Å²) in [5, 5.41) is 8.60. The minimum atomic E-state index is -0.0557. The number of hydrogen-bond acceptors (Lipinski definition) is 5. The summed E-state index contributed by atoms with van der Waals surface area (Å²) in [4.78, 5) is 0. The Morgan fingerprint density at radius 3 is 2.44 bits per heavy atom. The van der Waals surface area contributed by atoms with E-state index in [0.717, 1.165) is 5.01 Å². The van der Waals surface area contributed by atoms with Gasteiger partial charge in [0.2, 0.25) is 5.13 Å². The molecule has 0 fully saturated rings. The molecule has 1 aromatic heterocycles. The molecule has 0 aromatic carbocycles. The Morgan fingerprint density at radius 2 is 2.22 bits per heavy atom. The Morgan fingerprint density at radius 1 is 1.56 bits per heavy atom.